The molecule has 0 saturated carbocycles. The largest absolute Gasteiger partial charge is 0.375 e. The molecule has 2 rings (SSSR count). The highest BCUT2D eigenvalue weighted by molar-refractivity contribution is 5.78. The van der Waals surface area contributed by atoms with Crippen LogP contribution in [0.2, 0.25) is 0 Å². The van der Waals surface area contributed by atoms with Crippen molar-refractivity contribution >= 4 is 5.91 Å². The summed E-state index contributed by atoms with van der Waals surface area (Å²) in [6.07, 6.45) is 1.80. The SMILES string of the molecule is CCOC1CCN(CC2CCN(C(=O)C(C)C)CC2)CC1F. The van der Waals surface area contributed by atoms with Gasteiger partial charge in [-0.1, -0.05) is 13.8 Å². The minimum Gasteiger partial charge on any atom is -0.375 e. The van der Waals surface area contributed by atoms with Crippen molar-refractivity contribution in [3.63, 3.8) is 0 Å². The summed E-state index contributed by atoms with van der Waals surface area (Å²) in [6.45, 7) is 10.5. The summed E-state index contributed by atoms with van der Waals surface area (Å²) < 4.78 is 19.5. The van der Waals surface area contributed by atoms with Crippen LogP contribution in [-0.2, 0) is 9.53 Å². The van der Waals surface area contributed by atoms with Gasteiger partial charge in [0.1, 0.15) is 6.17 Å². The average Bonchev–Trinajstić information content (AvgIpc) is 2.50. The Kier molecular flexibility index (Phi) is 6.63. The molecule has 0 bridgehead atoms. The van der Waals surface area contributed by atoms with Crippen molar-refractivity contribution in [3.05, 3.63) is 0 Å². The van der Waals surface area contributed by atoms with Crippen LogP contribution in [0.1, 0.15) is 40.0 Å². The number of amides is 1. The molecule has 2 unspecified atom stereocenters. The van der Waals surface area contributed by atoms with E-state index in [0.717, 1.165) is 45.4 Å². The standard InChI is InChI=1S/C17H31FN2O2/c1-4-22-16-7-8-19(12-15(16)18)11-14-5-9-20(10-6-14)17(21)13(2)3/h13-16H,4-12H2,1-3H3. The third-order valence-corrected chi connectivity index (χ3v) is 4.88. The van der Waals surface area contributed by atoms with Gasteiger partial charge in [0, 0.05) is 45.2 Å². The summed E-state index contributed by atoms with van der Waals surface area (Å²) >= 11 is 0. The monoisotopic (exact) mass is 314 g/mol. The summed E-state index contributed by atoms with van der Waals surface area (Å²) in [5.74, 6) is 0.938. The number of likely N-dealkylation sites (tertiary alicyclic amines) is 2. The lowest BCUT2D eigenvalue weighted by atomic mass is 9.94. The number of hydrogen-bond donors (Lipinski definition) is 0. The Morgan fingerprint density at radius 1 is 1.23 bits per heavy atom. The lowest BCUT2D eigenvalue weighted by molar-refractivity contribution is -0.136. The van der Waals surface area contributed by atoms with Crippen molar-refractivity contribution in [2.75, 3.05) is 39.3 Å². The summed E-state index contributed by atoms with van der Waals surface area (Å²) in [5.41, 5.74) is 0. The molecule has 2 aliphatic heterocycles. The number of rotatable bonds is 5. The molecule has 0 aromatic carbocycles. The molecule has 0 aliphatic carbocycles. The number of piperidine rings is 2. The van der Waals surface area contributed by atoms with Crippen LogP contribution >= 0.6 is 0 Å². The second kappa shape index (κ2) is 8.25. The molecule has 0 aromatic rings. The topological polar surface area (TPSA) is 32.8 Å². The van der Waals surface area contributed by atoms with Gasteiger partial charge in [-0.2, -0.15) is 0 Å². The smallest absolute Gasteiger partial charge is 0.225 e. The van der Waals surface area contributed by atoms with Crippen LogP contribution in [0.5, 0.6) is 0 Å². The third kappa shape index (κ3) is 4.66. The van der Waals surface area contributed by atoms with Gasteiger partial charge in [-0.25, -0.2) is 4.39 Å². The normalized spacial score (nSPS) is 28.3. The second-order valence-corrected chi connectivity index (χ2v) is 6.98. The van der Waals surface area contributed by atoms with E-state index in [4.69, 9.17) is 4.74 Å². The first-order valence-corrected chi connectivity index (χ1v) is 8.78. The van der Waals surface area contributed by atoms with E-state index in [1.165, 1.54) is 0 Å². The van der Waals surface area contributed by atoms with Gasteiger partial charge in [-0.05, 0) is 32.1 Å². The highest BCUT2D eigenvalue weighted by Gasteiger charge is 2.32. The van der Waals surface area contributed by atoms with Gasteiger partial charge < -0.3 is 9.64 Å². The van der Waals surface area contributed by atoms with Crippen molar-refractivity contribution in [2.24, 2.45) is 11.8 Å². The first-order valence-electron chi connectivity index (χ1n) is 8.78. The minimum atomic E-state index is -0.865. The van der Waals surface area contributed by atoms with Gasteiger partial charge in [0.15, 0.2) is 0 Å². The highest BCUT2D eigenvalue weighted by atomic mass is 19.1. The molecule has 0 radical (unpaired) electrons. The molecule has 2 aliphatic rings. The molecule has 2 atom stereocenters. The third-order valence-electron chi connectivity index (χ3n) is 4.88. The number of hydrogen-bond acceptors (Lipinski definition) is 3. The Balaban J connectivity index is 1.72. The lowest BCUT2D eigenvalue weighted by Crippen LogP contribution is -2.49. The number of alkyl halides is 1. The summed E-state index contributed by atoms with van der Waals surface area (Å²) in [6, 6.07) is 0. The van der Waals surface area contributed by atoms with E-state index in [0.29, 0.717) is 19.1 Å². The van der Waals surface area contributed by atoms with E-state index < -0.39 is 6.17 Å². The Hall–Kier alpha value is -0.680. The van der Waals surface area contributed by atoms with E-state index in [1.54, 1.807) is 0 Å². The molecule has 4 nitrogen and oxygen atoms in total. The van der Waals surface area contributed by atoms with Crippen LogP contribution in [-0.4, -0.2) is 67.3 Å². The predicted octanol–water partition coefficient (Wildman–Crippen LogP) is 2.33. The van der Waals surface area contributed by atoms with Crippen molar-refractivity contribution in [1.29, 1.82) is 0 Å². The van der Waals surface area contributed by atoms with Gasteiger partial charge in [-0.3, -0.25) is 9.69 Å². The Morgan fingerprint density at radius 3 is 2.45 bits per heavy atom. The molecule has 0 spiro atoms. The van der Waals surface area contributed by atoms with Crippen LogP contribution in [0.4, 0.5) is 4.39 Å². The quantitative estimate of drug-likeness (QED) is 0.781. The van der Waals surface area contributed by atoms with E-state index in [9.17, 15) is 9.18 Å². The van der Waals surface area contributed by atoms with Gasteiger partial charge in [-0.15, -0.1) is 0 Å². The zero-order chi connectivity index (χ0) is 16.1. The van der Waals surface area contributed by atoms with Crippen LogP contribution in [0, 0.1) is 11.8 Å². The van der Waals surface area contributed by atoms with Crippen LogP contribution < -0.4 is 0 Å². The molecule has 2 heterocycles. The fraction of sp³-hybridized carbons (Fsp3) is 0.941. The number of ether oxygens (including phenoxy) is 1. The van der Waals surface area contributed by atoms with Crippen LogP contribution in [0.3, 0.4) is 0 Å². The highest BCUT2D eigenvalue weighted by Crippen LogP contribution is 2.23. The Morgan fingerprint density at radius 2 is 1.91 bits per heavy atom. The maximum absolute atomic E-state index is 14.1. The predicted molar refractivity (Wildman–Crippen MR) is 85.5 cm³/mol. The summed E-state index contributed by atoms with van der Waals surface area (Å²) in [4.78, 5) is 16.2. The zero-order valence-corrected chi connectivity index (χ0v) is 14.3. The summed E-state index contributed by atoms with van der Waals surface area (Å²) in [5, 5.41) is 0. The second-order valence-electron chi connectivity index (χ2n) is 6.98. The first-order chi connectivity index (χ1) is 10.5. The molecule has 22 heavy (non-hydrogen) atoms. The molecular formula is C17H31FN2O2. The molecule has 5 heteroatoms. The molecular weight excluding hydrogens is 283 g/mol. The molecule has 1 amide bonds. The number of nitrogens with zero attached hydrogens (tertiary/aromatic N) is 2. The number of carbonyl (C=O) groups is 1. The fourth-order valence-corrected chi connectivity index (χ4v) is 3.58. The lowest BCUT2D eigenvalue weighted by Gasteiger charge is -2.39. The Labute approximate surface area is 134 Å². The van der Waals surface area contributed by atoms with Crippen molar-refractivity contribution in [2.45, 2.75) is 52.3 Å². The van der Waals surface area contributed by atoms with Gasteiger partial charge in [0.05, 0.1) is 6.10 Å². The molecule has 128 valence electrons. The van der Waals surface area contributed by atoms with Crippen molar-refractivity contribution in [3.8, 4) is 0 Å². The summed E-state index contributed by atoms with van der Waals surface area (Å²) in [7, 11) is 0. The first kappa shape index (κ1) is 17.7. The minimum absolute atomic E-state index is 0.0847. The van der Waals surface area contributed by atoms with Gasteiger partial charge >= 0.3 is 0 Å². The number of halogens is 1. The molecule has 0 N–H and O–H groups in total. The molecule has 2 saturated heterocycles. The van der Waals surface area contributed by atoms with E-state index in [2.05, 4.69) is 4.90 Å². The van der Waals surface area contributed by atoms with Crippen LogP contribution in [0.25, 0.3) is 0 Å². The van der Waals surface area contributed by atoms with Gasteiger partial charge in [0.25, 0.3) is 0 Å². The number of carbonyl (C=O) groups excluding carboxylic acids is 1. The maximum Gasteiger partial charge on any atom is 0.225 e. The maximum atomic E-state index is 14.1. The van der Waals surface area contributed by atoms with Crippen LogP contribution in [0.15, 0.2) is 0 Å². The zero-order valence-electron chi connectivity index (χ0n) is 14.3. The van der Waals surface area contributed by atoms with Crippen molar-refractivity contribution < 1.29 is 13.9 Å². The average molecular weight is 314 g/mol. The Bertz CT molecular complexity index is 357. The molecule has 2 fully saturated rings. The fourth-order valence-electron chi connectivity index (χ4n) is 3.58. The molecule has 0 aromatic heterocycles. The van der Waals surface area contributed by atoms with Gasteiger partial charge in [0.2, 0.25) is 5.91 Å². The van der Waals surface area contributed by atoms with E-state index in [1.807, 2.05) is 25.7 Å². The van der Waals surface area contributed by atoms with E-state index >= 15 is 0 Å². The van der Waals surface area contributed by atoms with Crippen molar-refractivity contribution in [1.82, 2.24) is 9.80 Å². The van der Waals surface area contributed by atoms with E-state index in [-0.39, 0.29) is 17.9 Å².